The quantitative estimate of drug-likeness (QED) is 0.440. The summed E-state index contributed by atoms with van der Waals surface area (Å²) in [5.74, 6) is -0.397. The number of nitrogens with zero attached hydrogens (tertiary/aromatic N) is 1. The number of alkyl halides is 3. The molecule has 0 fully saturated rings. The van der Waals surface area contributed by atoms with Gasteiger partial charge in [-0.05, 0) is 30.0 Å². The summed E-state index contributed by atoms with van der Waals surface area (Å²) < 4.78 is 40.9. The lowest BCUT2D eigenvalue weighted by Crippen LogP contribution is -2.13. The summed E-state index contributed by atoms with van der Waals surface area (Å²) in [6.07, 6.45) is -4.39. The molecule has 5 heteroatoms. The number of halogens is 3. The van der Waals surface area contributed by atoms with Crippen LogP contribution < -0.4 is 0 Å². The molecule has 0 bridgehead atoms. The maximum absolute atomic E-state index is 13.6. The van der Waals surface area contributed by atoms with Gasteiger partial charge in [-0.2, -0.15) is 13.2 Å². The monoisotopic (exact) mass is 331 g/mol. The maximum atomic E-state index is 13.6. The lowest BCUT2D eigenvalue weighted by Gasteiger charge is -2.18. The maximum Gasteiger partial charge on any atom is 0.416 e. The van der Waals surface area contributed by atoms with Crippen LogP contribution in [0.15, 0.2) is 47.8 Å². The van der Waals surface area contributed by atoms with Crippen LogP contribution in [0, 0.1) is 6.92 Å². The highest BCUT2D eigenvalue weighted by molar-refractivity contribution is 7.10. The first-order valence-electron chi connectivity index (χ1n) is 7.18. The van der Waals surface area contributed by atoms with E-state index in [-0.39, 0.29) is 5.56 Å². The first kappa shape index (κ1) is 14.5. The first-order chi connectivity index (χ1) is 11.0. The zero-order chi connectivity index (χ0) is 16.2. The van der Waals surface area contributed by atoms with Gasteiger partial charge in [-0.15, -0.1) is 11.3 Å². The number of hydrogen-bond donors (Lipinski definition) is 0. The standard InChI is InChI=1S/C18H12F3NS/c1-10-9-13(18(19,20)21)16-15(14-7-4-8-23-14)11-5-2-3-6-12(11)17(16)22-10/h2-9,15H,1H3. The van der Waals surface area contributed by atoms with E-state index in [1.165, 1.54) is 11.3 Å². The van der Waals surface area contributed by atoms with Crippen molar-refractivity contribution in [2.45, 2.75) is 19.0 Å². The first-order valence-corrected chi connectivity index (χ1v) is 8.06. The number of benzene rings is 1. The van der Waals surface area contributed by atoms with Crippen LogP contribution in [0.1, 0.15) is 33.2 Å². The Morgan fingerprint density at radius 3 is 2.57 bits per heavy atom. The van der Waals surface area contributed by atoms with Crippen LogP contribution in [0.25, 0.3) is 11.3 Å². The fourth-order valence-electron chi connectivity index (χ4n) is 3.29. The molecule has 0 saturated heterocycles. The Balaban J connectivity index is 2.09. The van der Waals surface area contributed by atoms with E-state index >= 15 is 0 Å². The van der Waals surface area contributed by atoms with Gasteiger partial charge in [-0.1, -0.05) is 30.3 Å². The van der Waals surface area contributed by atoms with Crippen LogP contribution in [0.3, 0.4) is 0 Å². The predicted molar refractivity (Wildman–Crippen MR) is 84.7 cm³/mol. The minimum Gasteiger partial charge on any atom is -0.253 e. The summed E-state index contributed by atoms with van der Waals surface area (Å²) in [5, 5.41) is 1.89. The largest absolute Gasteiger partial charge is 0.416 e. The number of rotatable bonds is 1. The van der Waals surface area contributed by atoms with E-state index in [1.54, 1.807) is 6.92 Å². The average molecular weight is 331 g/mol. The van der Waals surface area contributed by atoms with Crippen molar-refractivity contribution in [3.63, 3.8) is 0 Å². The van der Waals surface area contributed by atoms with Crippen LogP contribution in [0.5, 0.6) is 0 Å². The van der Waals surface area contributed by atoms with Gasteiger partial charge in [0.1, 0.15) is 0 Å². The van der Waals surface area contributed by atoms with E-state index in [4.69, 9.17) is 0 Å². The lowest BCUT2D eigenvalue weighted by molar-refractivity contribution is -0.138. The van der Waals surface area contributed by atoms with Crippen molar-refractivity contribution < 1.29 is 13.2 Å². The summed E-state index contributed by atoms with van der Waals surface area (Å²) in [6.45, 7) is 1.61. The zero-order valence-electron chi connectivity index (χ0n) is 12.2. The van der Waals surface area contributed by atoms with Crippen LogP contribution in [-0.4, -0.2) is 4.98 Å². The highest BCUT2D eigenvalue weighted by Crippen LogP contribution is 2.52. The third kappa shape index (κ3) is 2.18. The molecule has 1 unspecified atom stereocenters. The van der Waals surface area contributed by atoms with Gasteiger partial charge in [0, 0.05) is 27.6 Å². The molecule has 0 saturated carbocycles. The summed E-state index contributed by atoms with van der Waals surface area (Å²) >= 11 is 1.48. The highest BCUT2D eigenvalue weighted by atomic mass is 32.1. The molecule has 0 spiro atoms. The molecule has 1 aliphatic carbocycles. The summed E-state index contributed by atoms with van der Waals surface area (Å²) in [5.41, 5.74) is 2.26. The van der Waals surface area contributed by atoms with Crippen molar-refractivity contribution in [3.05, 3.63) is 75.1 Å². The normalized spacial score (nSPS) is 16.3. The number of pyridine rings is 1. The van der Waals surface area contributed by atoms with Crippen LogP contribution in [0.4, 0.5) is 13.2 Å². The molecule has 1 aromatic carbocycles. The minimum atomic E-state index is -4.39. The third-order valence-corrected chi connectivity index (χ3v) is 5.07. The molecule has 1 atom stereocenters. The molecule has 4 rings (SSSR count). The Kier molecular flexibility index (Phi) is 3.10. The SMILES string of the molecule is Cc1cc(C(F)(F)F)c2c(n1)-c1ccccc1C2c1cccs1. The van der Waals surface area contributed by atoms with Crippen LogP contribution in [0.2, 0.25) is 0 Å². The second kappa shape index (κ2) is 4.93. The van der Waals surface area contributed by atoms with E-state index in [1.807, 2.05) is 41.8 Å². The molecular formula is C18H12F3NS. The van der Waals surface area contributed by atoms with Gasteiger partial charge in [0.15, 0.2) is 0 Å². The van der Waals surface area contributed by atoms with Gasteiger partial charge < -0.3 is 0 Å². The van der Waals surface area contributed by atoms with Crippen molar-refractivity contribution in [1.82, 2.24) is 4.98 Å². The number of aromatic nitrogens is 1. The Morgan fingerprint density at radius 2 is 1.87 bits per heavy atom. The predicted octanol–water partition coefficient (Wildman–Crippen LogP) is 5.63. The zero-order valence-corrected chi connectivity index (χ0v) is 13.0. The summed E-state index contributed by atoms with van der Waals surface area (Å²) in [7, 11) is 0. The molecule has 0 aliphatic heterocycles. The minimum absolute atomic E-state index is 0.284. The molecule has 23 heavy (non-hydrogen) atoms. The Labute approximate surface area is 135 Å². The number of aryl methyl sites for hydroxylation is 1. The van der Waals surface area contributed by atoms with Crippen molar-refractivity contribution in [1.29, 1.82) is 0 Å². The second-order valence-electron chi connectivity index (χ2n) is 5.61. The van der Waals surface area contributed by atoms with Crippen molar-refractivity contribution in [3.8, 4) is 11.3 Å². The van der Waals surface area contributed by atoms with Crippen LogP contribution in [-0.2, 0) is 6.18 Å². The summed E-state index contributed by atoms with van der Waals surface area (Å²) in [6, 6.07) is 12.4. The smallest absolute Gasteiger partial charge is 0.253 e. The van der Waals surface area contributed by atoms with Crippen molar-refractivity contribution in [2.75, 3.05) is 0 Å². The van der Waals surface area contributed by atoms with Gasteiger partial charge in [0.25, 0.3) is 0 Å². The molecule has 2 aromatic heterocycles. The number of thiophene rings is 1. The van der Waals surface area contributed by atoms with Gasteiger partial charge in [-0.25, -0.2) is 0 Å². The Hall–Kier alpha value is -2.14. The van der Waals surface area contributed by atoms with Gasteiger partial charge >= 0.3 is 6.18 Å². The Bertz CT molecular complexity index is 882. The molecular weight excluding hydrogens is 319 g/mol. The molecule has 116 valence electrons. The van der Waals surface area contributed by atoms with Crippen molar-refractivity contribution >= 4 is 11.3 Å². The molecule has 0 radical (unpaired) electrons. The lowest BCUT2D eigenvalue weighted by atomic mass is 9.92. The van der Waals surface area contributed by atoms with E-state index in [0.717, 1.165) is 22.1 Å². The number of hydrogen-bond acceptors (Lipinski definition) is 2. The fraction of sp³-hybridized carbons (Fsp3) is 0.167. The van der Waals surface area contributed by atoms with E-state index in [0.29, 0.717) is 11.4 Å². The highest BCUT2D eigenvalue weighted by Gasteiger charge is 2.42. The Morgan fingerprint density at radius 1 is 1.09 bits per heavy atom. The van der Waals surface area contributed by atoms with Crippen LogP contribution >= 0.6 is 11.3 Å². The van der Waals surface area contributed by atoms with E-state index in [2.05, 4.69) is 4.98 Å². The van der Waals surface area contributed by atoms with E-state index in [9.17, 15) is 13.2 Å². The molecule has 3 aromatic rings. The molecule has 0 amide bonds. The second-order valence-corrected chi connectivity index (χ2v) is 6.59. The third-order valence-electron chi connectivity index (χ3n) is 4.14. The molecule has 2 heterocycles. The van der Waals surface area contributed by atoms with Gasteiger partial charge in [0.2, 0.25) is 0 Å². The fourth-order valence-corrected chi connectivity index (χ4v) is 4.14. The van der Waals surface area contributed by atoms with E-state index < -0.39 is 17.7 Å². The van der Waals surface area contributed by atoms with Gasteiger partial charge in [-0.3, -0.25) is 4.98 Å². The molecule has 0 N–H and O–H groups in total. The topological polar surface area (TPSA) is 12.9 Å². The van der Waals surface area contributed by atoms with Crippen molar-refractivity contribution in [2.24, 2.45) is 0 Å². The summed E-state index contributed by atoms with van der Waals surface area (Å²) in [4.78, 5) is 5.34. The number of fused-ring (bicyclic) bond motifs is 3. The molecule has 1 aliphatic rings. The average Bonchev–Trinajstić information content (AvgIpc) is 3.11. The van der Waals surface area contributed by atoms with Gasteiger partial charge in [0.05, 0.1) is 11.3 Å². The molecule has 1 nitrogen and oxygen atoms in total.